The van der Waals surface area contributed by atoms with Crippen LogP contribution in [0.15, 0.2) is 60.1 Å². The van der Waals surface area contributed by atoms with Gasteiger partial charge < -0.3 is 15.0 Å². The molecule has 0 saturated carbocycles. The number of anilines is 1. The van der Waals surface area contributed by atoms with Crippen molar-refractivity contribution in [2.75, 3.05) is 17.8 Å². The number of nitrogens with one attached hydrogen (secondary N) is 1. The lowest BCUT2D eigenvalue weighted by Crippen LogP contribution is -2.15. The van der Waals surface area contributed by atoms with Crippen LogP contribution >= 0.6 is 28.7 Å². The molecule has 2 aromatic rings. The Labute approximate surface area is 245 Å². The van der Waals surface area contributed by atoms with Crippen LogP contribution < -0.4 is 10.1 Å². The molecule has 0 saturated heterocycles. The van der Waals surface area contributed by atoms with E-state index in [2.05, 4.69) is 40.9 Å². The zero-order valence-electron chi connectivity index (χ0n) is 23.2. The molecule has 6 heteroatoms. The number of unbranched alkanes of at least 4 members (excludes halogenated alkanes) is 11. The fraction of sp³-hybridized carbons (Fsp3) is 0.531. The maximum Gasteiger partial charge on any atom is 0.228 e. The molecule has 1 aliphatic rings. The molecule has 1 amide bonds. The Morgan fingerprint density at radius 3 is 2.13 bits per heavy atom. The maximum absolute atomic E-state index is 12.7. The molecule has 38 heavy (non-hydrogen) atoms. The Morgan fingerprint density at radius 2 is 1.50 bits per heavy atom. The van der Waals surface area contributed by atoms with Crippen molar-refractivity contribution in [3.05, 3.63) is 71.3 Å². The lowest BCUT2D eigenvalue weighted by Gasteiger charge is -2.15. The molecule has 3 rings (SSSR count). The number of nitrogens with zero attached hydrogens (tertiary/aromatic N) is 1. The molecular weight excluding hydrogens is 556 g/mol. The molecule has 1 heterocycles. The quantitative estimate of drug-likeness (QED) is 0.162. The van der Waals surface area contributed by atoms with Crippen molar-refractivity contribution >= 4 is 40.3 Å². The predicted molar refractivity (Wildman–Crippen MR) is 169 cm³/mol. The number of carbonyl (C=O) groups excluding carboxylic acids is 1. The van der Waals surface area contributed by atoms with E-state index in [1.165, 1.54) is 76.2 Å². The number of carbonyl (C=O) groups is 1. The fourth-order valence-electron chi connectivity index (χ4n) is 4.63. The van der Waals surface area contributed by atoms with E-state index < -0.39 is 0 Å². The van der Waals surface area contributed by atoms with Gasteiger partial charge in [-0.25, -0.2) is 0 Å². The van der Waals surface area contributed by atoms with Crippen molar-refractivity contribution in [3.8, 4) is 5.75 Å². The van der Waals surface area contributed by atoms with Gasteiger partial charge in [-0.3, -0.25) is 4.79 Å². The normalized spacial score (nSPS) is 12.4. The van der Waals surface area contributed by atoms with Gasteiger partial charge in [0.05, 0.1) is 18.9 Å². The molecule has 1 aliphatic heterocycles. The molecule has 0 unspecified atom stereocenters. The maximum atomic E-state index is 12.7. The van der Waals surface area contributed by atoms with Crippen LogP contribution in [0.4, 0.5) is 5.69 Å². The first-order valence-corrected chi connectivity index (χ1v) is 15.4. The second-order valence-electron chi connectivity index (χ2n) is 10.1. The summed E-state index contributed by atoms with van der Waals surface area (Å²) >= 11 is 1.81. The highest BCUT2D eigenvalue weighted by molar-refractivity contribution is 8.93. The molecule has 0 atom stereocenters. The Hall–Kier alpha value is -1.92. The average Bonchev–Trinajstić information content (AvgIpc) is 3.42. The highest BCUT2D eigenvalue weighted by Gasteiger charge is 2.10. The van der Waals surface area contributed by atoms with Gasteiger partial charge in [0.2, 0.25) is 5.91 Å². The lowest BCUT2D eigenvalue weighted by molar-refractivity contribution is -0.115. The molecular formula is C32H47BrN2O2S. The Bertz CT molecular complexity index is 935. The Kier molecular flexibility index (Phi) is 17.0. The van der Waals surface area contributed by atoms with Crippen LogP contribution in [0.3, 0.4) is 0 Å². The molecule has 4 nitrogen and oxygen atoms in total. The average molecular weight is 604 g/mol. The second-order valence-corrected chi connectivity index (χ2v) is 11.0. The first-order chi connectivity index (χ1) is 18.2. The topological polar surface area (TPSA) is 41.6 Å². The summed E-state index contributed by atoms with van der Waals surface area (Å²) < 4.78 is 6.07. The van der Waals surface area contributed by atoms with Crippen LogP contribution in [0.1, 0.15) is 95.1 Å². The number of hydrogen-bond donors (Lipinski definition) is 1. The van der Waals surface area contributed by atoms with Gasteiger partial charge in [0.25, 0.3) is 0 Å². The zero-order valence-corrected chi connectivity index (χ0v) is 25.7. The number of amides is 1. The first kappa shape index (κ1) is 32.3. The van der Waals surface area contributed by atoms with E-state index >= 15 is 0 Å². The molecule has 2 aromatic carbocycles. The van der Waals surface area contributed by atoms with Gasteiger partial charge in [-0.1, -0.05) is 108 Å². The number of benzene rings is 2. The minimum Gasteiger partial charge on any atom is -0.493 e. The van der Waals surface area contributed by atoms with Gasteiger partial charge >= 0.3 is 0 Å². The summed E-state index contributed by atoms with van der Waals surface area (Å²) in [5.74, 6) is 1.81. The third-order valence-corrected chi connectivity index (χ3v) is 7.61. The van der Waals surface area contributed by atoms with Crippen molar-refractivity contribution in [3.63, 3.8) is 0 Å². The predicted octanol–water partition coefficient (Wildman–Crippen LogP) is 9.50. The number of thioether (sulfide) groups is 1. The van der Waals surface area contributed by atoms with Crippen molar-refractivity contribution in [2.45, 2.75) is 96.9 Å². The van der Waals surface area contributed by atoms with Crippen molar-refractivity contribution < 1.29 is 9.53 Å². The van der Waals surface area contributed by atoms with Crippen LogP contribution in [0.5, 0.6) is 5.75 Å². The largest absolute Gasteiger partial charge is 0.493 e. The minimum atomic E-state index is -0.0203. The van der Waals surface area contributed by atoms with E-state index in [-0.39, 0.29) is 22.9 Å². The number of halogens is 1. The van der Waals surface area contributed by atoms with Gasteiger partial charge in [0.1, 0.15) is 5.75 Å². The molecule has 0 spiro atoms. The molecule has 1 N–H and O–H groups in total. The summed E-state index contributed by atoms with van der Waals surface area (Å²) in [4.78, 5) is 15.0. The number of rotatable bonds is 19. The van der Waals surface area contributed by atoms with Crippen LogP contribution in [0.25, 0.3) is 0 Å². The Morgan fingerprint density at radius 1 is 0.868 bits per heavy atom. The summed E-state index contributed by atoms with van der Waals surface area (Å²) in [6.45, 7) is 3.88. The highest BCUT2D eigenvalue weighted by atomic mass is 79.9. The summed E-state index contributed by atoms with van der Waals surface area (Å²) in [7, 11) is 0. The molecule has 0 radical (unpaired) electrons. The van der Waals surface area contributed by atoms with Gasteiger partial charge in [0, 0.05) is 24.0 Å². The van der Waals surface area contributed by atoms with E-state index in [1.807, 2.05) is 36.4 Å². The smallest absolute Gasteiger partial charge is 0.228 e. The zero-order chi connectivity index (χ0) is 26.0. The number of ether oxygens (including phenoxy) is 1. The third-order valence-electron chi connectivity index (χ3n) is 6.81. The van der Waals surface area contributed by atoms with Crippen LogP contribution in [0.2, 0.25) is 0 Å². The van der Waals surface area contributed by atoms with Gasteiger partial charge in [-0.2, -0.15) is 0 Å². The summed E-state index contributed by atoms with van der Waals surface area (Å²) in [6.07, 6.45) is 18.4. The van der Waals surface area contributed by atoms with E-state index in [4.69, 9.17) is 4.74 Å². The molecule has 0 aliphatic carbocycles. The molecule has 0 fully saturated rings. The van der Waals surface area contributed by atoms with E-state index in [0.29, 0.717) is 13.0 Å². The third kappa shape index (κ3) is 13.2. The monoisotopic (exact) mass is 602 g/mol. The summed E-state index contributed by atoms with van der Waals surface area (Å²) in [5.41, 5.74) is 3.01. The second kappa shape index (κ2) is 20.0. The van der Waals surface area contributed by atoms with Crippen molar-refractivity contribution in [1.82, 2.24) is 4.90 Å². The van der Waals surface area contributed by atoms with E-state index in [0.717, 1.165) is 35.8 Å². The number of para-hydroxylation sites is 1. The minimum absolute atomic E-state index is 0. The molecule has 0 aromatic heterocycles. The van der Waals surface area contributed by atoms with E-state index in [1.54, 1.807) is 11.8 Å². The van der Waals surface area contributed by atoms with E-state index in [9.17, 15) is 4.79 Å². The van der Waals surface area contributed by atoms with Crippen molar-refractivity contribution in [1.29, 1.82) is 0 Å². The lowest BCUT2D eigenvalue weighted by atomic mass is 10.1. The van der Waals surface area contributed by atoms with Gasteiger partial charge in [-0.05, 0) is 35.6 Å². The SMILES string of the molecule is Br.CCCCCCCCCCCCCCOc1ccccc1CC(=O)Nc1ccc(CN2C=CSC2)cc1. The van der Waals surface area contributed by atoms with Gasteiger partial charge in [-0.15, -0.1) is 28.7 Å². The number of hydrogen-bond acceptors (Lipinski definition) is 4. The standard InChI is InChI=1S/C32H46N2O2S.BrH/c1-2-3-4-5-6-7-8-9-10-11-12-15-23-36-31-17-14-13-16-29(31)25-32(35)33-30-20-18-28(19-21-30)26-34-22-24-37-27-34;/h13-14,16-22,24H,2-12,15,23,25-27H2,1H3,(H,33,35);1H. The first-order valence-electron chi connectivity index (χ1n) is 14.4. The van der Waals surface area contributed by atoms with Crippen LogP contribution in [0, 0.1) is 0 Å². The van der Waals surface area contributed by atoms with Gasteiger partial charge in [0.15, 0.2) is 0 Å². The van der Waals surface area contributed by atoms with Crippen LogP contribution in [-0.2, 0) is 17.8 Å². The summed E-state index contributed by atoms with van der Waals surface area (Å²) in [6, 6.07) is 16.0. The summed E-state index contributed by atoms with van der Waals surface area (Å²) in [5, 5.41) is 5.15. The van der Waals surface area contributed by atoms with Crippen LogP contribution in [-0.4, -0.2) is 23.3 Å². The fourth-order valence-corrected chi connectivity index (χ4v) is 5.34. The molecule has 210 valence electrons. The molecule has 0 bridgehead atoms. The Balaban J connectivity index is 0.00000507. The highest BCUT2D eigenvalue weighted by Crippen LogP contribution is 2.21. The van der Waals surface area contributed by atoms with Crippen molar-refractivity contribution in [2.24, 2.45) is 0 Å².